The van der Waals surface area contributed by atoms with Crippen molar-refractivity contribution in [2.45, 2.75) is 6.54 Å². The van der Waals surface area contributed by atoms with Crippen LogP contribution in [0.1, 0.15) is 11.1 Å². The Morgan fingerprint density at radius 2 is 2.04 bits per heavy atom. The number of methoxy groups -OCH3 is 2. The first-order valence-corrected chi connectivity index (χ1v) is 8.45. The zero-order chi connectivity index (χ0) is 19.1. The summed E-state index contributed by atoms with van der Waals surface area (Å²) in [5, 5.41) is 7.06. The second-order valence-corrected chi connectivity index (χ2v) is 5.83. The Bertz CT molecular complexity index is 934. The van der Waals surface area contributed by atoms with Gasteiger partial charge < -0.3 is 14.8 Å². The smallest absolute Gasteiger partial charge is 0.248 e. The van der Waals surface area contributed by atoms with Crippen molar-refractivity contribution in [3.05, 3.63) is 78.1 Å². The van der Waals surface area contributed by atoms with Crippen LogP contribution in [0.2, 0.25) is 0 Å². The van der Waals surface area contributed by atoms with Crippen LogP contribution < -0.4 is 14.8 Å². The normalized spacial score (nSPS) is 10.7. The van der Waals surface area contributed by atoms with Crippen molar-refractivity contribution in [3.63, 3.8) is 0 Å². The minimum atomic E-state index is -0.218. The molecule has 0 atom stereocenters. The van der Waals surface area contributed by atoms with Crippen LogP contribution in [0.25, 0.3) is 6.08 Å². The van der Waals surface area contributed by atoms with Crippen molar-refractivity contribution >= 4 is 17.7 Å². The molecule has 1 amide bonds. The highest BCUT2D eigenvalue weighted by molar-refractivity contribution is 6.02. The minimum absolute atomic E-state index is 0.218. The first kappa shape index (κ1) is 18.3. The number of anilines is 1. The highest BCUT2D eigenvalue weighted by Crippen LogP contribution is 2.25. The quantitative estimate of drug-likeness (QED) is 0.652. The Morgan fingerprint density at radius 1 is 1.15 bits per heavy atom. The Balaban J connectivity index is 1.66. The van der Waals surface area contributed by atoms with E-state index in [1.807, 2.05) is 53.3 Å². The van der Waals surface area contributed by atoms with Crippen molar-refractivity contribution < 1.29 is 14.3 Å². The van der Waals surface area contributed by atoms with Gasteiger partial charge in [-0.3, -0.25) is 9.48 Å². The molecule has 1 N–H and O–H groups in total. The number of rotatable bonds is 7. The Morgan fingerprint density at radius 3 is 2.78 bits per heavy atom. The lowest BCUT2D eigenvalue weighted by molar-refractivity contribution is -0.111. The van der Waals surface area contributed by atoms with Gasteiger partial charge in [-0.2, -0.15) is 5.10 Å². The molecule has 3 aromatic rings. The zero-order valence-corrected chi connectivity index (χ0v) is 15.3. The number of carbonyl (C=O) groups excluding carboxylic acids is 1. The largest absolute Gasteiger partial charge is 0.497 e. The van der Waals surface area contributed by atoms with E-state index in [1.54, 1.807) is 32.6 Å². The number of benzene rings is 2. The van der Waals surface area contributed by atoms with Gasteiger partial charge in [0.25, 0.3) is 0 Å². The number of hydrogen-bond acceptors (Lipinski definition) is 4. The molecule has 3 rings (SSSR count). The summed E-state index contributed by atoms with van der Waals surface area (Å²) in [5.74, 6) is 1.12. The molecule has 0 fully saturated rings. The summed E-state index contributed by atoms with van der Waals surface area (Å²) >= 11 is 0. The molecule has 1 aromatic heterocycles. The predicted molar refractivity (Wildman–Crippen MR) is 105 cm³/mol. The van der Waals surface area contributed by atoms with Crippen LogP contribution in [0.5, 0.6) is 11.5 Å². The highest BCUT2D eigenvalue weighted by atomic mass is 16.5. The lowest BCUT2D eigenvalue weighted by Crippen LogP contribution is -2.08. The molecule has 0 aliphatic carbocycles. The van der Waals surface area contributed by atoms with E-state index in [4.69, 9.17) is 9.47 Å². The summed E-state index contributed by atoms with van der Waals surface area (Å²) in [5.41, 5.74) is 2.58. The fourth-order valence-electron chi connectivity index (χ4n) is 2.63. The molecule has 0 bridgehead atoms. The molecule has 6 nitrogen and oxygen atoms in total. The lowest BCUT2D eigenvalue weighted by atomic mass is 10.1. The predicted octanol–water partition coefficient (Wildman–Crippen LogP) is 3.60. The summed E-state index contributed by atoms with van der Waals surface area (Å²) in [6.45, 7) is 0.648. The van der Waals surface area contributed by atoms with Gasteiger partial charge in [0.1, 0.15) is 11.5 Å². The number of nitrogens with zero attached hydrogens (tertiary/aromatic N) is 2. The summed E-state index contributed by atoms with van der Waals surface area (Å²) in [6.07, 6.45) is 6.83. The standard InChI is InChI=1S/C21H21N3O3/c1-26-19-9-7-17(20(14-19)27-2)8-10-21(25)23-18-6-3-5-16(13-18)15-24-12-4-11-22-24/h3-14H,15H2,1-2H3,(H,23,25)/b10-8+. The fraction of sp³-hybridized carbons (Fsp3) is 0.143. The van der Waals surface area contributed by atoms with Crippen LogP contribution in [0, 0.1) is 0 Å². The van der Waals surface area contributed by atoms with Gasteiger partial charge in [-0.15, -0.1) is 0 Å². The maximum absolute atomic E-state index is 12.3. The van der Waals surface area contributed by atoms with E-state index in [1.165, 1.54) is 6.08 Å². The van der Waals surface area contributed by atoms with Gasteiger partial charge in [-0.25, -0.2) is 0 Å². The minimum Gasteiger partial charge on any atom is -0.497 e. The molecule has 1 heterocycles. The van der Waals surface area contributed by atoms with Crippen molar-refractivity contribution in [2.24, 2.45) is 0 Å². The molecule has 0 saturated heterocycles. The lowest BCUT2D eigenvalue weighted by Gasteiger charge is -2.08. The second-order valence-electron chi connectivity index (χ2n) is 5.83. The monoisotopic (exact) mass is 363 g/mol. The van der Waals surface area contributed by atoms with E-state index in [2.05, 4.69) is 10.4 Å². The molecular weight excluding hydrogens is 342 g/mol. The number of ether oxygens (including phenoxy) is 2. The molecule has 27 heavy (non-hydrogen) atoms. The van der Waals surface area contributed by atoms with Crippen LogP contribution >= 0.6 is 0 Å². The highest BCUT2D eigenvalue weighted by Gasteiger charge is 2.04. The third kappa shape index (κ3) is 4.98. The van der Waals surface area contributed by atoms with E-state index < -0.39 is 0 Å². The van der Waals surface area contributed by atoms with E-state index in [-0.39, 0.29) is 5.91 Å². The third-order valence-electron chi connectivity index (χ3n) is 3.95. The number of hydrogen-bond donors (Lipinski definition) is 1. The van der Waals surface area contributed by atoms with Crippen molar-refractivity contribution in [2.75, 3.05) is 19.5 Å². The topological polar surface area (TPSA) is 65.4 Å². The summed E-state index contributed by atoms with van der Waals surface area (Å²) in [6, 6.07) is 15.0. The second kappa shape index (κ2) is 8.71. The molecule has 2 aromatic carbocycles. The van der Waals surface area contributed by atoms with Crippen molar-refractivity contribution in [3.8, 4) is 11.5 Å². The molecule has 0 spiro atoms. The molecular formula is C21H21N3O3. The van der Waals surface area contributed by atoms with Crippen molar-refractivity contribution in [1.29, 1.82) is 0 Å². The van der Waals surface area contributed by atoms with Gasteiger partial charge in [0.15, 0.2) is 0 Å². The third-order valence-corrected chi connectivity index (χ3v) is 3.95. The molecule has 6 heteroatoms. The number of carbonyl (C=O) groups is 1. The fourth-order valence-corrected chi connectivity index (χ4v) is 2.63. The Hall–Kier alpha value is -3.54. The van der Waals surface area contributed by atoms with Gasteiger partial charge in [0.05, 0.1) is 20.8 Å². The van der Waals surface area contributed by atoms with Gasteiger partial charge >= 0.3 is 0 Å². The van der Waals surface area contributed by atoms with E-state index in [9.17, 15) is 4.79 Å². The van der Waals surface area contributed by atoms with Crippen LogP contribution in [-0.2, 0) is 11.3 Å². The SMILES string of the molecule is COc1ccc(/C=C/C(=O)Nc2cccc(Cn3cccn3)c2)c(OC)c1. The van der Waals surface area contributed by atoms with Gasteiger partial charge in [-0.1, -0.05) is 12.1 Å². The number of aromatic nitrogens is 2. The average Bonchev–Trinajstić information content (AvgIpc) is 3.19. The zero-order valence-electron chi connectivity index (χ0n) is 15.3. The molecule has 138 valence electrons. The first-order chi connectivity index (χ1) is 13.2. The van der Waals surface area contributed by atoms with Gasteiger partial charge in [0, 0.05) is 35.8 Å². The maximum Gasteiger partial charge on any atom is 0.248 e. The van der Waals surface area contributed by atoms with Crippen LogP contribution in [0.3, 0.4) is 0 Å². The summed E-state index contributed by atoms with van der Waals surface area (Å²) in [7, 11) is 3.18. The van der Waals surface area contributed by atoms with Gasteiger partial charge in [-0.05, 0) is 42.0 Å². The Kier molecular flexibility index (Phi) is 5.89. The van der Waals surface area contributed by atoms with E-state index >= 15 is 0 Å². The van der Waals surface area contributed by atoms with Crippen LogP contribution in [-0.4, -0.2) is 29.9 Å². The number of amides is 1. The van der Waals surface area contributed by atoms with E-state index in [0.717, 1.165) is 16.8 Å². The summed E-state index contributed by atoms with van der Waals surface area (Å²) < 4.78 is 12.3. The van der Waals surface area contributed by atoms with Crippen molar-refractivity contribution in [1.82, 2.24) is 9.78 Å². The first-order valence-electron chi connectivity index (χ1n) is 8.45. The van der Waals surface area contributed by atoms with Gasteiger partial charge in [0.2, 0.25) is 5.91 Å². The molecule has 0 radical (unpaired) electrons. The molecule has 0 aliphatic rings. The maximum atomic E-state index is 12.3. The number of nitrogens with one attached hydrogen (secondary N) is 1. The van der Waals surface area contributed by atoms with E-state index in [0.29, 0.717) is 18.0 Å². The van der Waals surface area contributed by atoms with Crippen LogP contribution in [0.15, 0.2) is 67.0 Å². The molecule has 0 unspecified atom stereocenters. The summed E-state index contributed by atoms with van der Waals surface area (Å²) in [4.78, 5) is 12.3. The average molecular weight is 363 g/mol. The molecule has 0 saturated carbocycles. The Labute approximate surface area is 158 Å². The van der Waals surface area contributed by atoms with Crippen LogP contribution in [0.4, 0.5) is 5.69 Å². The molecule has 0 aliphatic heterocycles.